The van der Waals surface area contributed by atoms with Gasteiger partial charge in [-0.05, 0) is 24.5 Å². The van der Waals surface area contributed by atoms with Crippen LogP contribution in [0.3, 0.4) is 0 Å². The number of nitrogens with one attached hydrogen (secondary N) is 1. The fourth-order valence-electron chi connectivity index (χ4n) is 4.16. The van der Waals surface area contributed by atoms with Crippen molar-refractivity contribution in [3.8, 4) is 5.69 Å². The van der Waals surface area contributed by atoms with Crippen LogP contribution in [0.4, 0.5) is 4.79 Å². The molecule has 0 unspecified atom stereocenters. The Bertz CT molecular complexity index is 716. The van der Waals surface area contributed by atoms with Gasteiger partial charge in [-0.15, -0.1) is 0 Å². The maximum Gasteiger partial charge on any atom is 0.317 e. The van der Waals surface area contributed by atoms with Gasteiger partial charge >= 0.3 is 6.03 Å². The number of hydrogen-bond donors (Lipinski definition) is 1. The van der Waals surface area contributed by atoms with E-state index in [2.05, 4.69) is 15.2 Å². The van der Waals surface area contributed by atoms with Crippen LogP contribution in [0.25, 0.3) is 5.69 Å². The molecule has 0 bridgehead atoms. The topological polar surface area (TPSA) is 53.4 Å². The van der Waals surface area contributed by atoms with Gasteiger partial charge < -0.3 is 14.8 Å². The van der Waals surface area contributed by atoms with E-state index in [9.17, 15) is 4.79 Å². The molecule has 1 N–H and O–H groups in total. The lowest BCUT2D eigenvalue weighted by Gasteiger charge is -2.38. The summed E-state index contributed by atoms with van der Waals surface area (Å²) in [6.45, 7) is 4.18. The number of hydrogen-bond acceptors (Lipinski definition) is 3. The lowest BCUT2D eigenvalue weighted by molar-refractivity contribution is 0.109. The molecule has 1 aromatic carbocycles. The highest BCUT2D eigenvalue weighted by Crippen LogP contribution is 2.24. The lowest BCUT2D eigenvalue weighted by atomic mass is 10.1. The fraction of sp³-hybridized carbons (Fsp3) is 0.500. The van der Waals surface area contributed by atoms with E-state index < -0.39 is 0 Å². The SMILES string of the molecule is O=C(NCc1ccccc1-n1ccnc1)N1CCN(C2CCCC2)CC1. The van der Waals surface area contributed by atoms with Crippen molar-refractivity contribution >= 4 is 6.03 Å². The van der Waals surface area contributed by atoms with E-state index >= 15 is 0 Å². The first-order valence-electron chi connectivity index (χ1n) is 9.64. The molecule has 2 fully saturated rings. The lowest BCUT2D eigenvalue weighted by Crippen LogP contribution is -2.53. The molecular weight excluding hydrogens is 326 g/mol. The van der Waals surface area contributed by atoms with E-state index in [0.717, 1.165) is 43.5 Å². The normalized spacial score (nSPS) is 19.0. The second-order valence-corrected chi connectivity index (χ2v) is 7.22. The summed E-state index contributed by atoms with van der Waals surface area (Å²) in [5.74, 6) is 0. The van der Waals surface area contributed by atoms with Crippen LogP contribution < -0.4 is 5.32 Å². The van der Waals surface area contributed by atoms with E-state index in [0.29, 0.717) is 6.54 Å². The third-order valence-corrected chi connectivity index (χ3v) is 5.65. The maximum atomic E-state index is 12.6. The summed E-state index contributed by atoms with van der Waals surface area (Å²) in [7, 11) is 0. The van der Waals surface area contributed by atoms with Crippen molar-refractivity contribution in [2.75, 3.05) is 26.2 Å². The van der Waals surface area contributed by atoms with Gasteiger partial charge in [0.2, 0.25) is 0 Å². The van der Waals surface area contributed by atoms with Crippen LogP contribution in [-0.4, -0.2) is 57.6 Å². The van der Waals surface area contributed by atoms with E-state index in [1.807, 2.05) is 39.9 Å². The first-order valence-corrected chi connectivity index (χ1v) is 9.64. The summed E-state index contributed by atoms with van der Waals surface area (Å²) < 4.78 is 1.97. The Kier molecular flexibility index (Phi) is 5.20. The van der Waals surface area contributed by atoms with Gasteiger partial charge in [0, 0.05) is 51.2 Å². The highest BCUT2D eigenvalue weighted by Gasteiger charge is 2.27. The van der Waals surface area contributed by atoms with Crippen LogP contribution in [-0.2, 0) is 6.54 Å². The number of aromatic nitrogens is 2. The molecule has 4 rings (SSSR count). The molecule has 1 saturated carbocycles. The van der Waals surface area contributed by atoms with Crippen molar-refractivity contribution in [1.29, 1.82) is 0 Å². The zero-order valence-electron chi connectivity index (χ0n) is 15.2. The minimum Gasteiger partial charge on any atom is -0.334 e. The van der Waals surface area contributed by atoms with E-state index in [1.165, 1.54) is 25.7 Å². The standard InChI is InChI=1S/C20H27N5O/c26-20(24-13-11-23(12-14-24)18-6-2-3-7-18)22-15-17-5-1-4-8-19(17)25-10-9-21-16-25/h1,4-5,8-10,16,18H,2-3,6-7,11-15H2,(H,22,26). The molecule has 0 atom stereocenters. The predicted octanol–water partition coefficient (Wildman–Crippen LogP) is 2.64. The Labute approximate surface area is 154 Å². The summed E-state index contributed by atoms with van der Waals surface area (Å²) in [4.78, 5) is 21.2. The van der Waals surface area contributed by atoms with Crippen molar-refractivity contribution < 1.29 is 4.79 Å². The molecule has 0 radical (unpaired) electrons. The molecule has 26 heavy (non-hydrogen) atoms. The fourth-order valence-corrected chi connectivity index (χ4v) is 4.16. The summed E-state index contributed by atoms with van der Waals surface area (Å²) in [5, 5.41) is 3.09. The number of piperazine rings is 1. The van der Waals surface area contributed by atoms with Crippen LogP contribution in [0.5, 0.6) is 0 Å². The zero-order chi connectivity index (χ0) is 17.8. The third kappa shape index (κ3) is 3.75. The Morgan fingerprint density at radius 3 is 2.62 bits per heavy atom. The highest BCUT2D eigenvalue weighted by atomic mass is 16.2. The predicted molar refractivity (Wildman–Crippen MR) is 101 cm³/mol. The van der Waals surface area contributed by atoms with Gasteiger partial charge in [-0.25, -0.2) is 9.78 Å². The van der Waals surface area contributed by atoms with Gasteiger partial charge in [0.15, 0.2) is 0 Å². The molecule has 138 valence electrons. The Hall–Kier alpha value is -2.34. The van der Waals surface area contributed by atoms with Crippen molar-refractivity contribution in [2.45, 2.75) is 38.3 Å². The number of nitrogens with zero attached hydrogens (tertiary/aromatic N) is 4. The van der Waals surface area contributed by atoms with Gasteiger partial charge in [-0.3, -0.25) is 4.90 Å². The molecule has 1 aliphatic heterocycles. The van der Waals surface area contributed by atoms with Gasteiger partial charge in [0.1, 0.15) is 0 Å². The molecular formula is C20H27N5O. The molecule has 2 aliphatic rings. The quantitative estimate of drug-likeness (QED) is 0.919. The van der Waals surface area contributed by atoms with Gasteiger partial charge in [0.05, 0.1) is 12.0 Å². The van der Waals surface area contributed by atoms with E-state index in [-0.39, 0.29) is 6.03 Å². The first kappa shape index (κ1) is 17.1. The van der Waals surface area contributed by atoms with Crippen LogP contribution in [0.15, 0.2) is 43.0 Å². The van der Waals surface area contributed by atoms with Gasteiger partial charge in [-0.2, -0.15) is 0 Å². The molecule has 1 aromatic heterocycles. The number of imidazole rings is 1. The minimum atomic E-state index is 0.0384. The number of rotatable bonds is 4. The summed E-state index contributed by atoms with van der Waals surface area (Å²) in [6, 6.07) is 8.89. The zero-order valence-corrected chi connectivity index (χ0v) is 15.2. The second kappa shape index (κ2) is 7.91. The van der Waals surface area contributed by atoms with Crippen LogP contribution >= 0.6 is 0 Å². The number of amides is 2. The number of para-hydroxylation sites is 1. The highest BCUT2D eigenvalue weighted by molar-refractivity contribution is 5.74. The number of urea groups is 1. The van der Waals surface area contributed by atoms with Gasteiger partial charge in [-0.1, -0.05) is 31.0 Å². The third-order valence-electron chi connectivity index (χ3n) is 5.65. The van der Waals surface area contributed by atoms with Gasteiger partial charge in [0.25, 0.3) is 0 Å². The number of benzene rings is 1. The van der Waals surface area contributed by atoms with Crippen molar-refractivity contribution in [3.63, 3.8) is 0 Å². The largest absolute Gasteiger partial charge is 0.334 e. The first-order chi connectivity index (χ1) is 12.8. The van der Waals surface area contributed by atoms with E-state index in [1.54, 1.807) is 12.5 Å². The molecule has 6 heteroatoms. The van der Waals surface area contributed by atoms with Crippen molar-refractivity contribution in [3.05, 3.63) is 48.5 Å². The maximum absolute atomic E-state index is 12.6. The van der Waals surface area contributed by atoms with Crippen LogP contribution in [0.2, 0.25) is 0 Å². The summed E-state index contributed by atoms with van der Waals surface area (Å²) >= 11 is 0. The molecule has 0 spiro atoms. The Balaban J connectivity index is 1.31. The Morgan fingerprint density at radius 1 is 1.12 bits per heavy atom. The van der Waals surface area contributed by atoms with Crippen molar-refractivity contribution in [1.82, 2.24) is 24.7 Å². The second-order valence-electron chi connectivity index (χ2n) is 7.22. The molecule has 2 heterocycles. The van der Waals surface area contributed by atoms with Crippen molar-refractivity contribution in [2.24, 2.45) is 0 Å². The molecule has 1 aliphatic carbocycles. The molecule has 1 saturated heterocycles. The van der Waals surface area contributed by atoms with Crippen LogP contribution in [0.1, 0.15) is 31.2 Å². The molecule has 2 aromatic rings. The number of carbonyl (C=O) groups is 1. The minimum absolute atomic E-state index is 0.0384. The summed E-state index contributed by atoms with van der Waals surface area (Å²) in [6.07, 6.45) is 10.9. The average molecular weight is 353 g/mol. The molecule has 2 amide bonds. The van der Waals surface area contributed by atoms with E-state index in [4.69, 9.17) is 0 Å². The van der Waals surface area contributed by atoms with Crippen LogP contribution in [0, 0.1) is 0 Å². The number of carbonyl (C=O) groups excluding carboxylic acids is 1. The summed E-state index contributed by atoms with van der Waals surface area (Å²) in [5.41, 5.74) is 2.14. The molecule has 6 nitrogen and oxygen atoms in total. The monoisotopic (exact) mass is 353 g/mol. The smallest absolute Gasteiger partial charge is 0.317 e. The Morgan fingerprint density at radius 2 is 1.88 bits per heavy atom. The average Bonchev–Trinajstić information content (AvgIpc) is 3.40.